The van der Waals surface area contributed by atoms with Gasteiger partial charge in [0.1, 0.15) is 0 Å². The first kappa shape index (κ1) is 8.03. The van der Waals surface area contributed by atoms with E-state index in [1.807, 2.05) is 13.0 Å². The third-order valence-electron chi connectivity index (χ3n) is 0.960. The first-order valence-electron chi connectivity index (χ1n) is 3.08. The van der Waals surface area contributed by atoms with Crippen LogP contribution in [0.2, 0.25) is 0 Å². The minimum Gasteiger partial charge on any atom is -0.498 e. The van der Waals surface area contributed by atoms with Crippen LogP contribution in [0.4, 0.5) is 0 Å². The topological polar surface area (TPSA) is 27.4 Å². The van der Waals surface area contributed by atoms with Crippen LogP contribution >= 0.6 is 0 Å². The highest BCUT2D eigenvalue weighted by Crippen LogP contribution is 1.94. The maximum Gasteiger partial charge on any atom is 0.298 e. The zero-order valence-electron chi connectivity index (χ0n) is 5.63. The monoisotopic (exact) mass is 125 g/mol. The molecule has 2 heteroatoms. The molecule has 0 aromatic heterocycles. The molecule has 0 atom stereocenters. The van der Waals surface area contributed by atoms with E-state index in [0.717, 1.165) is 12.8 Å². The Labute approximate surface area is 55.6 Å². The van der Waals surface area contributed by atoms with Crippen LogP contribution in [0, 0.1) is 11.3 Å². The lowest BCUT2D eigenvalue weighted by Gasteiger charge is -1.80. The van der Waals surface area contributed by atoms with Crippen molar-refractivity contribution in [2.24, 2.45) is 0 Å². The summed E-state index contributed by atoms with van der Waals surface area (Å²) in [5.41, 5.74) is 0. The van der Waals surface area contributed by atoms with Crippen molar-refractivity contribution in [1.82, 2.24) is 0 Å². The van der Waals surface area contributed by atoms with Gasteiger partial charge in [0.15, 0.2) is 0 Å². The minimum atomic E-state index is 0.674. The number of hydrogen-bond acceptors (Lipinski definition) is 1. The van der Waals surface area contributed by atoms with Crippen LogP contribution in [0.3, 0.4) is 0 Å². The van der Waals surface area contributed by atoms with E-state index in [0.29, 0.717) is 6.42 Å². The predicted molar refractivity (Wildman–Crippen MR) is 39.3 cm³/mol. The molecule has 0 spiro atoms. The van der Waals surface area contributed by atoms with E-state index in [-0.39, 0.29) is 0 Å². The second kappa shape index (κ2) is 7.03. The third kappa shape index (κ3) is 7.03. The number of rotatable bonds is 3. The highest BCUT2D eigenvalue weighted by molar-refractivity contribution is 4.87. The van der Waals surface area contributed by atoms with E-state index in [9.17, 15) is 5.21 Å². The Hall–Kier alpha value is -0.970. The SMILES string of the molecule is C/C=C\CCCC#[N+][O-]. The Kier molecular flexibility index (Phi) is 6.27. The molecule has 0 bridgehead atoms. The molecule has 0 aliphatic rings. The molecule has 0 saturated carbocycles. The van der Waals surface area contributed by atoms with Crippen molar-refractivity contribution in [2.45, 2.75) is 26.2 Å². The van der Waals surface area contributed by atoms with Crippen LogP contribution < -0.4 is 0 Å². The average Bonchev–Trinajstić information content (AvgIpc) is 1.89. The Morgan fingerprint density at radius 1 is 1.67 bits per heavy atom. The zero-order chi connectivity index (χ0) is 6.95. The predicted octanol–water partition coefficient (Wildman–Crippen LogP) is 2.56. The van der Waals surface area contributed by atoms with Gasteiger partial charge in [-0.1, -0.05) is 12.2 Å². The van der Waals surface area contributed by atoms with Crippen LogP contribution in [0.25, 0.3) is 5.01 Å². The molecule has 0 amide bonds. The molecule has 0 saturated heterocycles. The van der Waals surface area contributed by atoms with Crippen molar-refractivity contribution in [1.29, 1.82) is 0 Å². The van der Waals surface area contributed by atoms with E-state index < -0.39 is 0 Å². The maximum atomic E-state index is 9.46. The van der Waals surface area contributed by atoms with Gasteiger partial charge in [-0.15, -0.1) is 0 Å². The fourth-order valence-electron chi connectivity index (χ4n) is 0.511. The third-order valence-corrected chi connectivity index (χ3v) is 0.960. The molecule has 0 heterocycles. The summed E-state index contributed by atoms with van der Waals surface area (Å²) in [6.07, 6.45) is 6.71. The quantitative estimate of drug-likeness (QED) is 0.323. The first-order valence-corrected chi connectivity index (χ1v) is 3.08. The van der Waals surface area contributed by atoms with E-state index in [1.165, 1.54) is 0 Å². The van der Waals surface area contributed by atoms with Crippen molar-refractivity contribution >= 4 is 0 Å². The van der Waals surface area contributed by atoms with E-state index >= 15 is 0 Å². The van der Waals surface area contributed by atoms with Gasteiger partial charge in [-0.2, -0.15) is 0 Å². The summed E-state index contributed by atoms with van der Waals surface area (Å²) >= 11 is 0. The molecule has 0 aliphatic carbocycles. The van der Waals surface area contributed by atoms with Gasteiger partial charge in [0.05, 0.1) is 6.42 Å². The van der Waals surface area contributed by atoms with Gasteiger partial charge in [-0.05, 0) is 19.8 Å². The maximum absolute atomic E-state index is 9.46. The summed E-state index contributed by atoms with van der Waals surface area (Å²) in [7, 11) is 0. The molecule has 0 rings (SSSR count). The van der Waals surface area contributed by atoms with Crippen LogP contribution in [0.15, 0.2) is 12.2 Å². The Morgan fingerprint density at radius 3 is 3.00 bits per heavy atom. The minimum absolute atomic E-state index is 0.674. The van der Waals surface area contributed by atoms with Crippen molar-refractivity contribution in [3.63, 3.8) is 0 Å². The largest absolute Gasteiger partial charge is 0.498 e. The smallest absolute Gasteiger partial charge is 0.298 e. The highest BCUT2D eigenvalue weighted by atomic mass is 16.4. The molecule has 0 unspecified atom stereocenters. The Balaban J connectivity index is 2.97. The standard InChI is InChI=1S/C7H11NO/c1-2-3-4-5-6-7-8-9/h2-3H,4-6H2,1H3/b3-2-. The van der Waals surface area contributed by atoms with Gasteiger partial charge < -0.3 is 5.21 Å². The summed E-state index contributed by atoms with van der Waals surface area (Å²) in [5, 5.41) is 12.0. The fraction of sp³-hybridized carbons (Fsp3) is 0.571. The van der Waals surface area contributed by atoms with Crippen LogP contribution in [0.1, 0.15) is 26.2 Å². The molecule has 0 fully saturated rings. The molecule has 0 aliphatic heterocycles. The van der Waals surface area contributed by atoms with Gasteiger partial charge in [0.2, 0.25) is 0 Å². The lowest BCUT2D eigenvalue weighted by Crippen LogP contribution is -1.66. The van der Waals surface area contributed by atoms with Gasteiger partial charge in [-0.3, -0.25) is 0 Å². The number of allylic oxidation sites excluding steroid dienone is 2. The van der Waals surface area contributed by atoms with Crippen molar-refractivity contribution < 1.29 is 0 Å². The highest BCUT2D eigenvalue weighted by Gasteiger charge is 1.83. The van der Waals surface area contributed by atoms with Crippen LogP contribution in [-0.2, 0) is 0 Å². The van der Waals surface area contributed by atoms with Gasteiger partial charge in [-0.25, -0.2) is 0 Å². The summed E-state index contributed by atoms with van der Waals surface area (Å²) in [4.78, 5) is 0. The van der Waals surface area contributed by atoms with Crippen molar-refractivity contribution in [2.75, 3.05) is 0 Å². The van der Waals surface area contributed by atoms with Gasteiger partial charge in [0, 0.05) is 5.01 Å². The van der Waals surface area contributed by atoms with Gasteiger partial charge in [0.25, 0.3) is 6.07 Å². The molecular formula is C7H11NO. The molecule has 0 N–H and O–H groups in total. The van der Waals surface area contributed by atoms with E-state index in [1.54, 1.807) is 0 Å². The average molecular weight is 125 g/mol. The van der Waals surface area contributed by atoms with Crippen molar-refractivity contribution in [3.05, 3.63) is 22.4 Å². The van der Waals surface area contributed by atoms with Gasteiger partial charge >= 0.3 is 0 Å². The first-order chi connectivity index (χ1) is 4.41. The summed E-state index contributed by atoms with van der Waals surface area (Å²) in [6.45, 7) is 1.98. The van der Waals surface area contributed by atoms with Crippen LogP contribution in [-0.4, -0.2) is 0 Å². The molecule has 9 heavy (non-hydrogen) atoms. The summed E-state index contributed by atoms with van der Waals surface area (Å²) < 4.78 is 0. The normalized spacial score (nSPS) is 9.00. The van der Waals surface area contributed by atoms with E-state index in [4.69, 9.17) is 0 Å². The molecule has 0 aromatic rings. The second-order valence-corrected chi connectivity index (χ2v) is 1.71. The molecule has 0 aromatic carbocycles. The Morgan fingerprint density at radius 2 is 2.44 bits per heavy atom. The zero-order valence-corrected chi connectivity index (χ0v) is 5.63. The number of hydrogen-bond donors (Lipinski definition) is 0. The van der Waals surface area contributed by atoms with E-state index in [2.05, 4.69) is 17.2 Å². The number of unbranched alkanes of at least 4 members (excludes halogenated alkanes) is 2. The molecule has 50 valence electrons. The second-order valence-electron chi connectivity index (χ2n) is 1.71. The summed E-state index contributed by atoms with van der Waals surface area (Å²) in [6, 6.07) is 2.34. The molecular weight excluding hydrogens is 114 g/mol. The number of nitrogens with zero attached hydrogens (tertiary/aromatic N) is 1. The Bertz CT molecular complexity index is 130. The lowest BCUT2D eigenvalue weighted by atomic mass is 10.2. The van der Waals surface area contributed by atoms with Crippen LogP contribution in [0.5, 0.6) is 0 Å². The summed E-state index contributed by atoms with van der Waals surface area (Å²) in [5.74, 6) is 0. The van der Waals surface area contributed by atoms with Crippen molar-refractivity contribution in [3.8, 4) is 6.07 Å². The molecule has 0 radical (unpaired) electrons. The molecule has 2 nitrogen and oxygen atoms in total. The lowest BCUT2D eigenvalue weighted by molar-refractivity contribution is 0.883. The fourth-order valence-corrected chi connectivity index (χ4v) is 0.511.